The van der Waals surface area contributed by atoms with Crippen molar-refractivity contribution in [3.8, 4) is 0 Å². The molecule has 0 amide bonds. The second kappa shape index (κ2) is 8.06. The lowest BCUT2D eigenvalue weighted by atomic mass is 9.97. The molecule has 1 heterocycles. The van der Waals surface area contributed by atoms with E-state index in [0.29, 0.717) is 24.0 Å². The molecule has 3 rings (SSSR count). The first-order valence-corrected chi connectivity index (χ1v) is 8.70. The Hall–Kier alpha value is -1.20. The predicted molar refractivity (Wildman–Crippen MR) is 92.3 cm³/mol. The van der Waals surface area contributed by atoms with Crippen molar-refractivity contribution in [2.24, 2.45) is 5.92 Å². The molecule has 4 atom stereocenters. The Morgan fingerprint density at radius 2 is 1.96 bits per heavy atom. The maximum Gasteiger partial charge on any atom is 0.0594 e. The van der Waals surface area contributed by atoms with Gasteiger partial charge in [0.15, 0.2) is 0 Å². The standard InChI is InChI=1S/C19H28N2O2/c1-15(20-18-8-7-16(13-18)14-22)19(17-5-3-2-4-6-17)21-9-11-23-12-10-21/h2-8,15-16,18-20,22H,9-14H2,1H3/t15?,16-,18+,19?/m0/s1. The first-order chi connectivity index (χ1) is 11.3. The summed E-state index contributed by atoms with van der Waals surface area (Å²) in [6, 6.07) is 11.8. The number of aliphatic hydroxyl groups excluding tert-OH is 1. The molecule has 2 unspecified atom stereocenters. The third-order valence-electron chi connectivity index (χ3n) is 4.94. The summed E-state index contributed by atoms with van der Waals surface area (Å²) >= 11 is 0. The molecule has 23 heavy (non-hydrogen) atoms. The van der Waals surface area contributed by atoms with Crippen molar-refractivity contribution in [1.82, 2.24) is 10.2 Å². The predicted octanol–water partition coefficient (Wildman–Crippen LogP) is 1.97. The Morgan fingerprint density at radius 3 is 2.61 bits per heavy atom. The van der Waals surface area contributed by atoms with Gasteiger partial charge < -0.3 is 15.2 Å². The molecule has 0 bridgehead atoms. The highest BCUT2D eigenvalue weighted by Crippen LogP contribution is 2.27. The first kappa shape index (κ1) is 16.7. The fraction of sp³-hybridized carbons (Fsp3) is 0.579. The van der Waals surface area contributed by atoms with Gasteiger partial charge in [0.25, 0.3) is 0 Å². The molecule has 1 aliphatic carbocycles. The fourth-order valence-corrected chi connectivity index (χ4v) is 3.78. The molecule has 1 fully saturated rings. The summed E-state index contributed by atoms with van der Waals surface area (Å²) in [5.74, 6) is 0.304. The van der Waals surface area contributed by atoms with Gasteiger partial charge in [-0.25, -0.2) is 0 Å². The van der Waals surface area contributed by atoms with Crippen molar-refractivity contribution < 1.29 is 9.84 Å². The number of nitrogens with zero attached hydrogens (tertiary/aromatic N) is 1. The van der Waals surface area contributed by atoms with Crippen molar-refractivity contribution in [2.75, 3.05) is 32.9 Å². The largest absolute Gasteiger partial charge is 0.396 e. The minimum absolute atomic E-state index is 0.245. The molecule has 1 saturated heterocycles. The Kier molecular flexibility index (Phi) is 5.84. The molecule has 4 nitrogen and oxygen atoms in total. The number of nitrogens with one attached hydrogen (secondary N) is 1. The van der Waals surface area contributed by atoms with Crippen LogP contribution in [0.2, 0.25) is 0 Å². The Bertz CT molecular complexity index is 499. The molecule has 4 heteroatoms. The van der Waals surface area contributed by atoms with E-state index in [-0.39, 0.29) is 6.61 Å². The topological polar surface area (TPSA) is 44.7 Å². The zero-order valence-corrected chi connectivity index (χ0v) is 13.9. The number of ether oxygens (including phenoxy) is 1. The van der Waals surface area contributed by atoms with Gasteiger partial charge in [0, 0.05) is 37.7 Å². The highest BCUT2D eigenvalue weighted by atomic mass is 16.5. The van der Waals surface area contributed by atoms with Crippen molar-refractivity contribution in [1.29, 1.82) is 0 Å². The Morgan fingerprint density at radius 1 is 1.22 bits per heavy atom. The van der Waals surface area contributed by atoms with E-state index in [1.54, 1.807) is 0 Å². The van der Waals surface area contributed by atoms with Gasteiger partial charge in [-0.3, -0.25) is 4.90 Å². The van der Waals surface area contributed by atoms with Gasteiger partial charge in [-0.2, -0.15) is 0 Å². The molecule has 0 saturated carbocycles. The maximum absolute atomic E-state index is 9.31. The molecule has 2 N–H and O–H groups in total. The molecule has 0 aromatic heterocycles. The lowest BCUT2D eigenvalue weighted by Gasteiger charge is -2.39. The summed E-state index contributed by atoms with van der Waals surface area (Å²) in [6.07, 6.45) is 5.33. The minimum atomic E-state index is 0.245. The van der Waals surface area contributed by atoms with Crippen LogP contribution in [0.3, 0.4) is 0 Å². The van der Waals surface area contributed by atoms with E-state index in [2.05, 4.69) is 59.6 Å². The van der Waals surface area contributed by atoms with Crippen molar-refractivity contribution in [2.45, 2.75) is 31.5 Å². The zero-order valence-electron chi connectivity index (χ0n) is 13.9. The highest BCUT2D eigenvalue weighted by Gasteiger charge is 2.29. The first-order valence-electron chi connectivity index (χ1n) is 8.70. The van der Waals surface area contributed by atoms with Gasteiger partial charge >= 0.3 is 0 Å². The zero-order chi connectivity index (χ0) is 16.1. The number of hydrogen-bond donors (Lipinski definition) is 2. The van der Waals surface area contributed by atoms with Crippen LogP contribution in [0.25, 0.3) is 0 Å². The Labute approximate surface area is 139 Å². The van der Waals surface area contributed by atoms with Gasteiger partial charge in [-0.15, -0.1) is 0 Å². The van der Waals surface area contributed by atoms with Crippen LogP contribution in [0.4, 0.5) is 0 Å². The van der Waals surface area contributed by atoms with Crippen LogP contribution in [-0.2, 0) is 4.74 Å². The molecule has 2 aliphatic rings. The van der Waals surface area contributed by atoms with Gasteiger partial charge in [0.05, 0.1) is 19.3 Å². The smallest absolute Gasteiger partial charge is 0.0594 e. The van der Waals surface area contributed by atoms with Gasteiger partial charge in [-0.1, -0.05) is 42.5 Å². The highest BCUT2D eigenvalue weighted by molar-refractivity contribution is 5.21. The van der Waals surface area contributed by atoms with E-state index in [1.807, 2.05) is 0 Å². The van der Waals surface area contributed by atoms with Crippen LogP contribution in [0.1, 0.15) is 24.9 Å². The lowest BCUT2D eigenvalue weighted by Crippen LogP contribution is -2.49. The van der Waals surface area contributed by atoms with Crippen molar-refractivity contribution in [3.05, 3.63) is 48.0 Å². The van der Waals surface area contributed by atoms with Crippen LogP contribution in [0, 0.1) is 5.92 Å². The summed E-state index contributed by atoms with van der Waals surface area (Å²) in [5.41, 5.74) is 1.36. The van der Waals surface area contributed by atoms with Gasteiger partial charge in [0.2, 0.25) is 0 Å². The van der Waals surface area contributed by atoms with Crippen LogP contribution < -0.4 is 5.32 Å². The van der Waals surface area contributed by atoms with Crippen LogP contribution in [0.15, 0.2) is 42.5 Å². The Balaban J connectivity index is 1.71. The van der Waals surface area contributed by atoms with E-state index < -0.39 is 0 Å². The normalized spacial score (nSPS) is 27.9. The second-order valence-corrected chi connectivity index (χ2v) is 6.63. The molecule has 0 radical (unpaired) electrons. The average Bonchev–Trinajstić information content (AvgIpc) is 3.04. The number of aliphatic hydroxyl groups is 1. The van der Waals surface area contributed by atoms with Gasteiger partial charge in [-0.05, 0) is 18.9 Å². The number of hydrogen-bond acceptors (Lipinski definition) is 4. The van der Waals surface area contributed by atoms with Crippen molar-refractivity contribution >= 4 is 0 Å². The summed E-state index contributed by atoms with van der Waals surface area (Å²) in [6.45, 7) is 6.09. The van der Waals surface area contributed by atoms with E-state index >= 15 is 0 Å². The number of morpholine rings is 1. The average molecular weight is 316 g/mol. The summed E-state index contributed by atoms with van der Waals surface area (Å²) < 4.78 is 5.53. The second-order valence-electron chi connectivity index (χ2n) is 6.63. The SMILES string of the molecule is CC(N[C@@H]1C=C[C@H](CO)C1)C(c1ccccc1)N1CCOCC1. The van der Waals surface area contributed by atoms with Crippen LogP contribution in [0.5, 0.6) is 0 Å². The molecular weight excluding hydrogens is 288 g/mol. The molecule has 126 valence electrons. The summed E-state index contributed by atoms with van der Waals surface area (Å²) in [5, 5.41) is 13.1. The monoisotopic (exact) mass is 316 g/mol. The lowest BCUT2D eigenvalue weighted by molar-refractivity contribution is 0.00805. The molecule has 1 aromatic rings. The summed E-state index contributed by atoms with van der Waals surface area (Å²) in [4.78, 5) is 2.53. The van der Waals surface area contributed by atoms with E-state index in [9.17, 15) is 5.11 Å². The number of benzene rings is 1. The third-order valence-corrected chi connectivity index (χ3v) is 4.94. The van der Waals surface area contributed by atoms with E-state index in [4.69, 9.17) is 4.74 Å². The molecule has 1 aliphatic heterocycles. The third kappa shape index (κ3) is 4.21. The maximum atomic E-state index is 9.31. The van der Waals surface area contributed by atoms with Crippen LogP contribution >= 0.6 is 0 Å². The summed E-state index contributed by atoms with van der Waals surface area (Å²) in [7, 11) is 0. The van der Waals surface area contributed by atoms with E-state index in [1.165, 1.54) is 5.56 Å². The van der Waals surface area contributed by atoms with Crippen LogP contribution in [-0.4, -0.2) is 55.0 Å². The quantitative estimate of drug-likeness (QED) is 0.788. The fourth-order valence-electron chi connectivity index (χ4n) is 3.78. The van der Waals surface area contributed by atoms with E-state index in [0.717, 1.165) is 32.7 Å². The van der Waals surface area contributed by atoms with Gasteiger partial charge in [0.1, 0.15) is 0 Å². The van der Waals surface area contributed by atoms with Crippen molar-refractivity contribution in [3.63, 3.8) is 0 Å². The molecule has 0 spiro atoms. The minimum Gasteiger partial charge on any atom is -0.396 e. The molecular formula is C19H28N2O2. The number of rotatable bonds is 6. The molecule has 1 aromatic carbocycles.